The fraction of sp³-hybridized carbons (Fsp3) is 1.00. The van der Waals surface area contributed by atoms with Crippen molar-refractivity contribution in [3.05, 3.63) is 0 Å². The average Bonchev–Trinajstić information content (AvgIpc) is 2.50. The first-order valence-corrected chi connectivity index (χ1v) is 5.56. The van der Waals surface area contributed by atoms with Gasteiger partial charge < -0.3 is 5.73 Å². The molecule has 0 unspecified atom stereocenters. The lowest BCUT2D eigenvalue weighted by molar-refractivity contribution is 0.173. The van der Waals surface area contributed by atoms with Crippen LogP contribution in [0.25, 0.3) is 0 Å². The maximum atomic E-state index is 6.04. The first kappa shape index (κ1) is 11.0. The predicted octanol–water partition coefficient (Wildman–Crippen LogP) is 1.99. The summed E-state index contributed by atoms with van der Waals surface area (Å²) in [5, 5.41) is 0. The van der Waals surface area contributed by atoms with Crippen molar-refractivity contribution in [3.63, 3.8) is 0 Å². The van der Waals surface area contributed by atoms with E-state index in [-0.39, 0.29) is 5.54 Å². The smallest absolute Gasteiger partial charge is 0.0226 e. The summed E-state index contributed by atoms with van der Waals surface area (Å²) in [5.41, 5.74) is 5.99. The van der Waals surface area contributed by atoms with Gasteiger partial charge in [0.1, 0.15) is 0 Å². The summed E-state index contributed by atoms with van der Waals surface area (Å²) < 4.78 is 0. The zero-order chi connectivity index (χ0) is 9.90. The fourth-order valence-corrected chi connectivity index (χ4v) is 2.29. The molecule has 0 aromatic rings. The molecule has 0 amide bonds. The monoisotopic (exact) mass is 184 g/mol. The van der Waals surface area contributed by atoms with E-state index in [4.69, 9.17) is 5.73 Å². The van der Waals surface area contributed by atoms with Crippen molar-refractivity contribution in [1.29, 1.82) is 0 Å². The van der Waals surface area contributed by atoms with E-state index in [0.717, 1.165) is 19.1 Å². The Morgan fingerprint density at radius 3 is 2.23 bits per heavy atom. The molecule has 2 N–H and O–H groups in total. The van der Waals surface area contributed by atoms with Gasteiger partial charge in [-0.25, -0.2) is 0 Å². The first-order valence-electron chi connectivity index (χ1n) is 5.56. The lowest BCUT2D eigenvalue weighted by Gasteiger charge is -2.33. The molecule has 1 rings (SSSR count). The number of hydrogen-bond donors (Lipinski definition) is 1. The average molecular weight is 184 g/mol. The Morgan fingerprint density at radius 1 is 1.31 bits per heavy atom. The van der Waals surface area contributed by atoms with E-state index in [2.05, 4.69) is 25.7 Å². The molecule has 1 aliphatic rings. The topological polar surface area (TPSA) is 29.3 Å². The normalized spacial score (nSPS) is 20.1. The van der Waals surface area contributed by atoms with Crippen LogP contribution in [0.3, 0.4) is 0 Å². The number of nitrogens with zero attached hydrogens (tertiary/aromatic N) is 1. The van der Waals surface area contributed by atoms with Gasteiger partial charge in [0.25, 0.3) is 0 Å². The molecule has 0 atom stereocenters. The highest BCUT2D eigenvalue weighted by Gasteiger charge is 2.24. The molecule has 0 saturated heterocycles. The van der Waals surface area contributed by atoms with Crippen molar-refractivity contribution in [2.75, 3.05) is 13.1 Å². The summed E-state index contributed by atoms with van der Waals surface area (Å²) in [6, 6.07) is 0.813. The summed E-state index contributed by atoms with van der Waals surface area (Å²) in [6.07, 6.45) is 5.58. The van der Waals surface area contributed by atoms with Crippen molar-refractivity contribution in [1.82, 2.24) is 4.90 Å². The van der Waals surface area contributed by atoms with Crippen LogP contribution in [0.2, 0.25) is 0 Å². The highest BCUT2D eigenvalue weighted by Crippen LogP contribution is 2.24. The molecule has 2 nitrogen and oxygen atoms in total. The standard InChI is InChI=1S/C11H24N2/c1-4-13(9-11(2,3)12)10-7-5-6-8-10/h10H,4-9,12H2,1-3H3. The van der Waals surface area contributed by atoms with E-state index in [1.54, 1.807) is 0 Å². The van der Waals surface area contributed by atoms with Crippen molar-refractivity contribution < 1.29 is 0 Å². The van der Waals surface area contributed by atoms with Crippen LogP contribution in [-0.2, 0) is 0 Å². The minimum atomic E-state index is -0.0431. The molecule has 1 saturated carbocycles. The Morgan fingerprint density at radius 2 is 1.85 bits per heavy atom. The molecular weight excluding hydrogens is 160 g/mol. The third kappa shape index (κ3) is 3.65. The van der Waals surface area contributed by atoms with Gasteiger partial charge in [-0.15, -0.1) is 0 Å². The second-order valence-electron chi connectivity index (χ2n) is 4.99. The molecule has 0 heterocycles. The largest absolute Gasteiger partial charge is 0.324 e. The van der Waals surface area contributed by atoms with Crippen LogP contribution in [0.5, 0.6) is 0 Å². The zero-order valence-corrected chi connectivity index (χ0v) is 9.34. The van der Waals surface area contributed by atoms with Crippen molar-refractivity contribution >= 4 is 0 Å². The SMILES string of the molecule is CCN(CC(C)(C)N)C1CCCC1. The Bertz CT molecular complexity index is 143. The van der Waals surface area contributed by atoms with E-state index < -0.39 is 0 Å². The van der Waals surface area contributed by atoms with Crippen LogP contribution in [0.4, 0.5) is 0 Å². The van der Waals surface area contributed by atoms with Gasteiger partial charge in [-0.3, -0.25) is 4.90 Å². The van der Waals surface area contributed by atoms with Gasteiger partial charge >= 0.3 is 0 Å². The molecule has 1 fully saturated rings. The van der Waals surface area contributed by atoms with Crippen LogP contribution in [0.15, 0.2) is 0 Å². The minimum Gasteiger partial charge on any atom is -0.324 e. The summed E-state index contributed by atoms with van der Waals surface area (Å²) in [5.74, 6) is 0. The fourth-order valence-electron chi connectivity index (χ4n) is 2.29. The van der Waals surface area contributed by atoms with Crippen LogP contribution in [0.1, 0.15) is 46.5 Å². The van der Waals surface area contributed by atoms with Crippen LogP contribution >= 0.6 is 0 Å². The van der Waals surface area contributed by atoms with Crippen molar-refractivity contribution in [3.8, 4) is 0 Å². The van der Waals surface area contributed by atoms with E-state index in [1.807, 2.05) is 0 Å². The number of nitrogens with two attached hydrogens (primary N) is 1. The number of rotatable bonds is 4. The van der Waals surface area contributed by atoms with Crippen molar-refractivity contribution in [2.24, 2.45) is 5.73 Å². The van der Waals surface area contributed by atoms with E-state index in [9.17, 15) is 0 Å². The molecular formula is C11H24N2. The molecule has 1 aliphatic carbocycles. The molecule has 0 bridgehead atoms. The Labute approximate surface area is 82.5 Å². The Kier molecular flexibility index (Phi) is 3.74. The Balaban J connectivity index is 2.42. The lowest BCUT2D eigenvalue weighted by atomic mass is 10.0. The van der Waals surface area contributed by atoms with Gasteiger partial charge in [0.15, 0.2) is 0 Å². The molecule has 13 heavy (non-hydrogen) atoms. The number of hydrogen-bond acceptors (Lipinski definition) is 2. The second kappa shape index (κ2) is 4.43. The summed E-state index contributed by atoms with van der Waals surface area (Å²) >= 11 is 0. The Hall–Kier alpha value is -0.0800. The van der Waals surface area contributed by atoms with Crippen LogP contribution in [-0.4, -0.2) is 29.6 Å². The minimum absolute atomic E-state index is 0.0431. The maximum absolute atomic E-state index is 6.04. The van der Waals surface area contributed by atoms with Crippen molar-refractivity contribution in [2.45, 2.75) is 58.0 Å². The van der Waals surface area contributed by atoms with E-state index in [1.165, 1.54) is 25.7 Å². The van der Waals surface area contributed by atoms with E-state index >= 15 is 0 Å². The third-order valence-corrected chi connectivity index (χ3v) is 2.86. The molecule has 2 heteroatoms. The van der Waals surface area contributed by atoms with E-state index in [0.29, 0.717) is 0 Å². The molecule has 0 aliphatic heterocycles. The summed E-state index contributed by atoms with van der Waals surface area (Å²) in [7, 11) is 0. The third-order valence-electron chi connectivity index (χ3n) is 2.86. The summed E-state index contributed by atoms with van der Waals surface area (Å²) in [6.45, 7) is 8.65. The molecule has 78 valence electrons. The number of likely N-dealkylation sites (N-methyl/N-ethyl adjacent to an activating group) is 1. The van der Waals surface area contributed by atoms with Gasteiger partial charge in [-0.05, 0) is 33.2 Å². The first-order chi connectivity index (χ1) is 6.03. The summed E-state index contributed by atoms with van der Waals surface area (Å²) in [4.78, 5) is 2.55. The molecule has 0 aromatic heterocycles. The zero-order valence-electron chi connectivity index (χ0n) is 9.34. The molecule has 0 aromatic carbocycles. The van der Waals surface area contributed by atoms with Crippen LogP contribution in [0, 0.1) is 0 Å². The molecule has 0 spiro atoms. The quantitative estimate of drug-likeness (QED) is 0.724. The highest BCUT2D eigenvalue weighted by atomic mass is 15.2. The van der Waals surface area contributed by atoms with Gasteiger partial charge in [0, 0.05) is 18.1 Å². The van der Waals surface area contributed by atoms with Gasteiger partial charge in [0.05, 0.1) is 0 Å². The van der Waals surface area contributed by atoms with Gasteiger partial charge in [-0.2, -0.15) is 0 Å². The molecule has 0 radical (unpaired) electrons. The predicted molar refractivity (Wildman–Crippen MR) is 57.8 cm³/mol. The maximum Gasteiger partial charge on any atom is 0.0226 e. The lowest BCUT2D eigenvalue weighted by Crippen LogP contribution is -2.48. The van der Waals surface area contributed by atoms with Crippen LogP contribution < -0.4 is 5.73 Å². The second-order valence-corrected chi connectivity index (χ2v) is 4.99. The highest BCUT2D eigenvalue weighted by molar-refractivity contribution is 4.83. The van der Waals surface area contributed by atoms with Gasteiger partial charge in [-0.1, -0.05) is 19.8 Å². The van der Waals surface area contributed by atoms with Gasteiger partial charge in [0.2, 0.25) is 0 Å².